The molecule has 1 aliphatic rings. The standard InChI is InChI=1S/C21H20BrClN2O4/c1-12-5-13(2)7-16(6-12)25-10-14(8-20(25)27)21(28)29-11-19(26)24-15-3-4-17(22)18(23)9-15/h3-7,9,14H,8,10-11H2,1-2H3,(H,24,26)/t14-/m0/s1. The zero-order chi connectivity index (χ0) is 21.1. The molecule has 29 heavy (non-hydrogen) atoms. The lowest BCUT2D eigenvalue weighted by molar-refractivity contribution is -0.151. The first-order valence-electron chi connectivity index (χ1n) is 9.03. The fourth-order valence-electron chi connectivity index (χ4n) is 3.25. The van der Waals surface area contributed by atoms with E-state index in [2.05, 4.69) is 21.2 Å². The third kappa shape index (κ3) is 5.36. The van der Waals surface area contributed by atoms with E-state index in [1.54, 1.807) is 23.1 Å². The van der Waals surface area contributed by atoms with E-state index < -0.39 is 24.4 Å². The lowest BCUT2D eigenvalue weighted by Gasteiger charge is -2.18. The highest BCUT2D eigenvalue weighted by atomic mass is 79.9. The van der Waals surface area contributed by atoms with Crippen molar-refractivity contribution >= 4 is 56.7 Å². The number of amides is 2. The zero-order valence-electron chi connectivity index (χ0n) is 16.0. The van der Waals surface area contributed by atoms with Crippen LogP contribution < -0.4 is 10.2 Å². The van der Waals surface area contributed by atoms with Gasteiger partial charge in [0.05, 0.1) is 10.9 Å². The molecule has 0 aromatic heterocycles. The molecule has 152 valence electrons. The molecule has 1 heterocycles. The number of carbonyl (C=O) groups excluding carboxylic acids is 3. The molecule has 0 bridgehead atoms. The molecule has 0 radical (unpaired) electrons. The highest BCUT2D eigenvalue weighted by molar-refractivity contribution is 9.10. The van der Waals surface area contributed by atoms with E-state index in [0.29, 0.717) is 15.2 Å². The van der Waals surface area contributed by atoms with Gasteiger partial charge in [0.25, 0.3) is 5.91 Å². The Bertz CT molecular complexity index is 959. The molecule has 2 amide bonds. The summed E-state index contributed by atoms with van der Waals surface area (Å²) in [5.74, 6) is -1.77. The molecule has 0 unspecified atom stereocenters. The molecule has 1 aliphatic heterocycles. The number of ether oxygens (including phenoxy) is 1. The van der Waals surface area contributed by atoms with Crippen LogP contribution in [0.3, 0.4) is 0 Å². The van der Waals surface area contributed by atoms with Gasteiger partial charge in [-0.3, -0.25) is 14.4 Å². The monoisotopic (exact) mass is 478 g/mol. The summed E-state index contributed by atoms with van der Waals surface area (Å²) in [4.78, 5) is 38.3. The first-order chi connectivity index (χ1) is 13.7. The quantitative estimate of drug-likeness (QED) is 0.651. The van der Waals surface area contributed by atoms with Crippen molar-refractivity contribution in [2.45, 2.75) is 20.3 Å². The van der Waals surface area contributed by atoms with E-state index in [4.69, 9.17) is 16.3 Å². The minimum Gasteiger partial charge on any atom is -0.455 e. The molecule has 3 rings (SSSR count). The van der Waals surface area contributed by atoms with Gasteiger partial charge in [-0.25, -0.2) is 0 Å². The first-order valence-corrected chi connectivity index (χ1v) is 10.2. The number of hydrogen-bond donors (Lipinski definition) is 1. The van der Waals surface area contributed by atoms with Crippen molar-refractivity contribution in [1.29, 1.82) is 0 Å². The Morgan fingerprint density at radius 1 is 1.21 bits per heavy atom. The zero-order valence-corrected chi connectivity index (χ0v) is 18.3. The van der Waals surface area contributed by atoms with Crippen molar-refractivity contribution in [2.75, 3.05) is 23.4 Å². The van der Waals surface area contributed by atoms with Crippen molar-refractivity contribution < 1.29 is 19.1 Å². The average Bonchev–Trinajstić information content (AvgIpc) is 3.04. The van der Waals surface area contributed by atoms with Crippen LogP contribution in [0.1, 0.15) is 17.5 Å². The van der Waals surface area contributed by atoms with Crippen LogP contribution in [-0.2, 0) is 19.1 Å². The molecule has 0 spiro atoms. The van der Waals surface area contributed by atoms with Crippen molar-refractivity contribution in [3.63, 3.8) is 0 Å². The normalized spacial score (nSPS) is 16.1. The van der Waals surface area contributed by atoms with Crippen LogP contribution in [0, 0.1) is 19.8 Å². The van der Waals surface area contributed by atoms with E-state index in [-0.39, 0.29) is 18.9 Å². The average molecular weight is 480 g/mol. The Kier molecular flexibility index (Phi) is 6.59. The van der Waals surface area contributed by atoms with E-state index >= 15 is 0 Å². The fourth-order valence-corrected chi connectivity index (χ4v) is 3.67. The second-order valence-corrected chi connectivity index (χ2v) is 8.30. The summed E-state index contributed by atoms with van der Waals surface area (Å²) < 4.78 is 5.83. The van der Waals surface area contributed by atoms with Gasteiger partial charge in [-0.15, -0.1) is 0 Å². The number of halogens is 2. The molecule has 6 nitrogen and oxygen atoms in total. The maximum absolute atomic E-state index is 12.4. The van der Waals surface area contributed by atoms with Gasteiger partial charge < -0.3 is 15.0 Å². The number of aryl methyl sites for hydroxylation is 2. The van der Waals surface area contributed by atoms with Crippen LogP contribution in [0.5, 0.6) is 0 Å². The van der Waals surface area contributed by atoms with Gasteiger partial charge in [0.2, 0.25) is 5.91 Å². The van der Waals surface area contributed by atoms with Crippen molar-refractivity contribution in [2.24, 2.45) is 5.92 Å². The second kappa shape index (κ2) is 8.97. The summed E-state index contributed by atoms with van der Waals surface area (Å²) in [6.45, 7) is 3.73. The van der Waals surface area contributed by atoms with E-state index in [1.807, 2.05) is 32.0 Å². The van der Waals surface area contributed by atoms with Gasteiger partial charge in [-0.05, 0) is 71.2 Å². The van der Waals surface area contributed by atoms with Crippen LogP contribution >= 0.6 is 27.5 Å². The molecule has 0 saturated carbocycles. The Hall–Kier alpha value is -2.38. The number of nitrogens with zero attached hydrogens (tertiary/aromatic N) is 1. The smallest absolute Gasteiger partial charge is 0.311 e. The van der Waals surface area contributed by atoms with E-state index in [1.165, 1.54) is 0 Å². The van der Waals surface area contributed by atoms with Crippen molar-refractivity contribution in [1.82, 2.24) is 0 Å². The molecule has 8 heteroatoms. The summed E-state index contributed by atoms with van der Waals surface area (Å²) in [7, 11) is 0. The van der Waals surface area contributed by atoms with Crippen LogP contribution in [0.15, 0.2) is 40.9 Å². The molecule has 0 aliphatic carbocycles. The first kappa shape index (κ1) is 21.3. The summed E-state index contributed by atoms with van der Waals surface area (Å²) >= 11 is 9.26. The number of esters is 1. The van der Waals surface area contributed by atoms with E-state index in [9.17, 15) is 14.4 Å². The largest absolute Gasteiger partial charge is 0.455 e. The van der Waals surface area contributed by atoms with E-state index in [0.717, 1.165) is 16.8 Å². The highest BCUT2D eigenvalue weighted by Gasteiger charge is 2.36. The maximum Gasteiger partial charge on any atom is 0.311 e. The van der Waals surface area contributed by atoms with Crippen LogP contribution in [0.25, 0.3) is 0 Å². The minimum atomic E-state index is -0.599. The van der Waals surface area contributed by atoms with Crippen LogP contribution in [0.4, 0.5) is 11.4 Å². The molecule has 1 N–H and O–H groups in total. The predicted molar refractivity (Wildman–Crippen MR) is 115 cm³/mol. The molecule has 1 fully saturated rings. The highest BCUT2D eigenvalue weighted by Crippen LogP contribution is 2.28. The van der Waals surface area contributed by atoms with Crippen molar-refractivity contribution in [3.8, 4) is 0 Å². The molecular weight excluding hydrogens is 460 g/mol. The topological polar surface area (TPSA) is 75.7 Å². The number of hydrogen-bond acceptors (Lipinski definition) is 4. The number of benzene rings is 2. The van der Waals surface area contributed by atoms with Gasteiger partial charge in [0, 0.05) is 28.8 Å². The van der Waals surface area contributed by atoms with Gasteiger partial charge in [0.15, 0.2) is 6.61 Å². The van der Waals surface area contributed by atoms with Gasteiger partial charge in [0.1, 0.15) is 0 Å². The summed E-state index contributed by atoms with van der Waals surface area (Å²) in [6.07, 6.45) is 0.0652. The molecule has 1 atom stereocenters. The number of carbonyl (C=O) groups is 3. The third-order valence-electron chi connectivity index (χ3n) is 4.53. The summed E-state index contributed by atoms with van der Waals surface area (Å²) in [6, 6.07) is 10.8. The van der Waals surface area contributed by atoms with Gasteiger partial charge in [-0.2, -0.15) is 0 Å². The maximum atomic E-state index is 12.4. The second-order valence-electron chi connectivity index (χ2n) is 7.04. The van der Waals surface area contributed by atoms with Crippen LogP contribution in [-0.4, -0.2) is 30.9 Å². The lowest BCUT2D eigenvalue weighted by atomic mass is 10.1. The number of nitrogens with one attached hydrogen (secondary N) is 1. The minimum absolute atomic E-state index is 0.0652. The van der Waals surface area contributed by atoms with Crippen molar-refractivity contribution in [3.05, 3.63) is 57.0 Å². The SMILES string of the molecule is Cc1cc(C)cc(N2C[C@@H](C(=O)OCC(=O)Nc3ccc(Br)c(Cl)c3)CC2=O)c1. The molecule has 2 aromatic carbocycles. The molecule has 2 aromatic rings. The summed E-state index contributed by atoms with van der Waals surface area (Å²) in [5.41, 5.74) is 3.36. The molecular formula is C21H20BrClN2O4. The van der Waals surface area contributed by atoms with Gasteiger partial charge in [-0.1, -0.05) is 17.7 Å². The lowest BCUT2D eigenvalue weighted by Crippen LogP contribution is -2.28. The molecule has 1 saturated heterocycles. The van der Waals surface area contributed by atoms with Gasteiger partial charge >= 0.3 is 5.97 Å². The fraction of sp³-hybridized carbons (Fsp3) is 0.286. The Morgan fingerprint density at radius 2 is 1.90 bits per heavy atom. The number of rotatable bonds is 5. The Morgan fingerprint density at radius 3 is 2.55 bits per heavy atom. The predicted octanol–water partition coefficient (Wildman–Crippen LogP) is 4.25. The third-order valence-corrected chi connectivity index (χ3v) is 5.76. The number of anilines is 2. The van der Waals surface area contributed by atoms with Crippen LogP contribution in [0.2, 0.25) is 5.02 Å². The Balaban J connectivity index is 1.55. The Labute approximate surface area is 182 Å². The summed E-state index contributed by atoms with van der Waals surface area (Å²) in [5, 5.41) is 3.07.